The summed E-state index contributed by atoms with van der Waals surface area (Å²) >= 11 is 0. The fourth-order valence-corrected chi connectivity index (χ4v) is 2.86. The van der Waals surface area contributed by atoms with E-state index in [1.807, 2.05) is 0 Å². The topological polar surface area (TPSA) is 37.3 Å². The van der Waals surface area contributed by atoms with E-state index in [9.17, 15) is 9.90 Å². The largest absolute Gasteiger partial charge is 0.481 e. The highest BCUT2D eigenvalue weighted by Crippen LogP contribution is 2.19. The van der Waals surface area contributed by atoms with Crippen LogP contribution >= 0.6 is 0 Å². The first-order valence-electron chi connectivity index (χ1n) is 9.30. The summed E-state index contributed by atoms with van der Waals surface area (Å²) in [4.78, 5) is 11.3. The molecule has 0 spiro atoms. The first-order chi connectivity index (χ1) is 10.1. The van der Waals surface area contributed by atoms with Gasteiger partial charge in [-0.3, -0.25) is 4.79 Å². The van der Waals surface area contributed by atoms with Crippen molar-refractivity contribution in [2.24, 2.45) is 11.8 Å². The maximum atomic E-state index is 11.3. The van der Waals surface area contributed by atoms with E-state index in [0.717, 1.165) is 31.6 Å². The smallest absolute Gasteiger partial charge is 0.306 e. The second-order valence-electron chi connectivity index (χ2n) is 6.98. The van der Waals surface area contributed by atoms with Crippen LogP contribution in [0.25, 0.3) is 0 Å². The van der Waals surface area contributed by atoms with E-state index in [-0.39, 0.29) is 5.92 Å². The Morgan fingerprint density at radius 3 is 1.62 bits per heavy atom. The molecule has 2 heteroatoms. The van der Waals surface area contributed by atoms with Crippen LogP contribution in [0.1, 0.15) is 104 Å². The molecule has 0 amide bonds. The van der Waals surface area contributed by atoms with Gasteiger partial charge in [-0.25, -0.2) is 0 Å². The number of aliphatic carboxylic acids is 1. The van der Waals surface area contributed by atoms with Crippen molar-refractivity contribution in [3.63, 3.8) is 0 Å². The molecule has 0 rings (SSSR count). The number of rotatable bonds is 15. The van der Waals surface area contributed by atoms with E-state index >= 15 is 0 Å². The van der Waals surface area contributed by atoms with Crippen LogP contribution in [-0.4, -0.2) is 11.1 Å². The fraction of sp³-hybridized carbons (Fsp3) is 0.947. The van der Waals surface area contributed by atoms with Gasteiger partial charge in [0.25, 0.3) is 0 Å². The Hall–Kier alpha value is -0.530. The van der Waals surface area contributed by atoms with Crippen LogP contribution in [0.3, 0.4) is 0 Å². The van der Waals surface area contributed by atoms with Crippen molar-refractivity contribution in [3.05, 3.63) is 0 Å². The summed E-state index contributed by atoms with van der Waals surface area (Å²) in [5.41, 5.74) is 0. The third-order valence-electron chi connectivity index (χ3n) is 4.34. The third-order valence-corrected chi connectivity index (χ3v) is 4.34. The molecule has 2 nitrogen and oxygen atoms in total. The molecule has 1 atom stereocenters. The number of hydrogen-bond donors (Lipinski definition) is 1. The summed E-state index contributed by atoms with van der Waals surface area (Å²) in [6.07, 6.45) is 15.4. The zero-order valence-corrected chi connectivity index (χ0v) is 14.7. The predicted molar refractivity (Wildman–Crippen MR) is 91.7 cm³/mol. The average molecular weight is 299 g/mol. The SMILES string of the molecule is CCCCCCCC(CCCCCCCC(C)C)C(=O)O. The molecule has 0 saturated carbocycles. The van der Waals surface area contributed by atoms with Gasteiger partial charge in [0.2, 0.25) is 0 Å². The lowest BCUT2D eigenvalue weighted by molar-refractivity contribution is -0.142. The summed E-state index contributed by atoms with van der Waals surface area (Å²) in [5.74, 6) is 0.140. The normalized spacial score (nSPS) is 12.8. The van der Waals surface area contributed by atoms with Gasteiger partial charge in [0.15, 0.2) is 0 Å². The van der Waals surface area contributed by atoms with Gasteiger partial charge in [-0.05, 0) is 18.8 Å². The van der Waals surface area contributed by atoms with E-state index in [1.165, 1.54) is 57.8 Å². The Balaban J connectivity index is 3.54. The maximum Gasteiger partial charge on any atom is 0.306 e. The van der Waals surface area contributed by atoms with Crippen LogP contribution < -0.4 is 0 Å². The number of carbonyl (C=O) groups is 1. The van der Waals surface area contributed by atoms with Crippen molar-refractivity contribution in [2.75, 3.05) is 0 Å². The van der Waals surface area contributed by atoms with Crippen molar-refractivity contribution in [3.8, 4) is 0 Å². The van der Waals surface area contributed by atoms with E-state index in [2.05, 4.69) is 20.8 Å². The molecular formula is C19H38O2. The van der Waals surface area contributed by atoms with Crippen molar-refractivity contribution < 1.29 is 9.90 Å². The molecule has 1 unspecified atom stereocenters. The van der Waals surface area contributed by atoms with Crippen LogP contribution in [0.2, 0.25) is 0 Å². The molecule has 1 N–H and O–H groups in total. The number of hydrogen-bond acceptors (Lipinski definition) is 1. The number of carboxylic acids is 1. The lowest BCUT2D eigenvalue weighted by Gasteiger charge is -2.12. The molecule has 0 radical (unpaired) electrons. The van der Waals surface area contributed by atoms with Gasteiger partial charge in [0.05, 0.1) is 5.92 Å². The first-order valence-corrected chi connectivity index (χ1v) is 9.30. The highest BCUT2D eigenvalue weighted by Gasteiger charge is 2.16. The van der Waals surface area contributed by atoms with Gasteiger partial charge in [0, 0.05) is 0 Å². The minimum absolute atomic E-state index is 0.0951. The Bertz CT molecular complexity index is 236. The summed E-state index contributed by atoms with van der Waals surface area (Å²) in [6, 6.07) is 0. The molecule has 0 bridgehead atoms. The Kier molecular flexibility index (Phi) is 14.0. The Labute approximate surface area is 132 Å². The van der Waals surface area contributed by atoms with Gasteiger partial charge in [0.1, 0.15) is 0 Å². The second kappa shape index (κ2) is 14.4. The summed E-state index contributed by atoms with van der Waals surface area (Å²) in [6.45, 7) is 6.76. The molecular weight excluding hydrogens is 260 g/mol. The zero-order chi connectivity index (χ0) is 15.9. The van der Waals surface area contributed by atoms with E-state index < -0.39 is 5.97 Å². The highest BCUT2D eigenvalue weighted by molar-refractivity contribution is 5.69. The van der Waals surface area contributed by atoms with Crippen molar-refractivity contribution in [2.45, 2.75) is 104 Å². The summed E-state index contributed by atoms with van der Waals surface area (Å²) in [5, 5.41) is 9.28. The predicted octanol–water partition coefficient (Wildman–Crippen LogP) is 6.43. The minimum Gasteiger partial charge on any atom is -0.481 e. The van der Waals surface area contributed by atoms with Gasteiger partial charge in [-0.1, -0.05) is 91.4 Å². The molecule has 0 saturated heterocycles. The molecule has 0 aliphatic carbocycles. The van der Waals surface area contributed by atoms with Gasteiger partial charge in [-0.15, -0.1) is 0 Å². The van der Waals surface area contributed by atoms with Crippen LogP contribution in [0.15, 0.2) is 0 Å². The van der Waals surface area contributed by atoms with Crippen molar-refractivity contribution in [1.29, 1.82) is 0 Å². The third kappa shape index (κ3) is 14.2. The average Bonchev–Trinajstić information content (AvgIpc) is 2.43. The molecule has 0 aromatic heterocycles. The van der Waals surface area contributed by atoms with Gasteiger partial charge >= 0.3 is 5.97 Å². The first kappa shape index (κ1) is 20.5. The molecule has 0 heterocycles. The Morgan fingerprint density at radius 1 is 0.762 bits per heavy atom. The van der Waals surface area contributed by atoms with Crippen LogP contribution in [0.4, 0.5) is 0 Å². The lowest BCUT2D eigenvalue weighted by atomic mass is 9.94. The molecule has 0 aromatic rings. The molecule has 21 heavy (non-hydrogen) atoms. The zero-order valence-electron chi connectivity index (χ0n) is 14.7. The molecule has 0 fully saturated rings. The fourth-order valence-electron chi connectivity index (χ4n) is 2.86. The molecule has 0 aromatic carbocycles. The van der Waals surface area contributed by atoms with Gasteiger partial charge in [-0.2, -0.15) is 0 Å². The quantitative estimate of drug-likeness (QED) is 0.353. The van der Waals surface area contributed by atoms with E-state index in [0.29, 0.717) is 0 Å². The van der Waals surface area contributed by atoms with Crippen LogP contribution in [0.5, 0.6) is 0 Å². The van der Waals surface area contributed by atoms with E-state index in [4.69, 9.17) is 0 Å². The van der Waals surface area contributed by atoms with Crippen LogP contribution in [0, 0.1) is 11.8 Å². The lowest BCUT2D eigenvalue weighted by Crippen LogP contribution is -2.13. The van der Waals surface area contributed by atoms with E-state index in [1.54, 1.807) is 0 Å². The van der Waals surface area contributed by atoms with Gasteiger partial charge < -0.3 is 5.11 Å². The van der Waals surface area contributed by atoms with Crippen molar-refractivity contribution >= 4 is 5.97 Å². The summed E-state index contributed by atoms with van der Waals surface area (Å²) < 4.78 is 0. The summed E-state index contributed by atoms with van der Waals surface area (Å²) in [7, 11) is 0. The standard InChI is InChI=1S/C19H38O2/c1-4-5-6-8-12-15-18(19(20)21)16-13-10-7-9-11-14-17(2)3/h17-18H,4-16H2,1-3H3,(H,20,21). The molecule has 0 aliphatic rings. The monoisotopic (exact) mass is 298 g/mol. The Morgan fingerprint density at radius 2 is 1.19 bits per heavy atom. The minimum atomic E-state index is -0.578. The van der Waals surface area contributed by atoms with Crippen molar-refractivity contribution in [1.82, 2.24) is 0 Å². The molecule has 0 aliphatic heterocycles. The van der Waals surface area contributed by atoms with Crippen LogP contribution in [-0.2, 0) is 4.79 Å². The maximum absolute atomic E-state index is 11.3. The number of carboxylic acid groups (broad SMARTS) is 1. The second-order valence-corrected chi connectivity index (χ2v) is 6.98. The number of unbranched alkanes of at least 4 members (excludes halogenated alkanes) is 8. The molecule has 126 valence electrons. The highest BCUT2D eigenvalue weighted by atomic mass is 16.4.